The Kier molecular flexibility index (Phi) is 3.90. The molecule has 0 fully saturated rings. The second-order valence-corrected chi connectivity index (χ2v) is 6.11. The third-order valence-corrected chi connectivity index (χ3v) is 4.59. The molecule has 0 aliphatic carbocycles. The zero-order valence-electron chi connectivity index (χ0n) is 11.4. The lowest BCUT2D eigenvalue weighted by molar-refractivity contribution is -0.117. The van der Waals surface area contributed by atoms with E-state index in [0.717, 1.165) is 15.8 Å². The second kappa shape index (κ2) is 5.84. The van der Waals surface area contributed by atoms with E-state index in [1.165, 1.54) is 11.3 Å². The first-order chi connectivity index (χ1) is 10.1. The molecular formula is C16H13ClN2OS. The van der Waals surface area contributed by atoms with Crippen LogP contribution in [0.5, 0.6) is 0 Å². The van der Waals surface area contributed by atoms with E-state index in [2.05, 4.69) is 4.99 Å². The first-order valence-electron chi connectivity index (χ1n) is 6.50. The molecule has 1 heterocycles. The molecule has 0 spiro atoms. The molecule has 5 heteroatoms. The van der Waals surface area contributed by atoms with Crippen LogP contribution in [0.1, 0.15) is 5.56 Å². The standard InChI is InChI=1S/C16H13ClN2OS/c1-19-15-12(17)8-5-9-13(15)21-16(19)18-14(20)10-11-6-3-2-4-7-11/h2-9H,10H2,1H3. The summed E-state index contributed by atoms with van der Waals surface area (Å²) in [6.45, 7) is 0. The summed E-state index contributed by atoms with van der Waals surface area (Å²) in [7, 11) is 1.87. The van der Waals surface area contributed by atoms with Gasteiger partial charge in [-0.2, -0.15) is 4.99 Å². The third kappa shape index (κ3) is 2.91. The van der Waals surface area contributed by atoms with Gasteiger partial charge in [0, 0.05) is 7.05 Å². The zero-order chi connectivity index (χ0) is 14.8. The molecule has 0 saturated carbocycles. The van der Waals surface area contributed by atoms with E-state index < -0.39 is 0 Å². The van der Waals surface area contributed by atoms with E-state index in [9.17, 15) is 4.79 Å². The number of nitrogens with zero attached hydrogens (tertiary/aromatic N) is 2. The van der Waals surface area contributed by atoms with Gasteiger partial charge < -0.3 is 4.57 Å². The van der Waals surface area contributed by atoms with Crippen molar-refractivity contribution >= 4 is 39.1 Å². The molecule has 0 atom stereocenters. The van der Waals surface area contributed by atoms with E-state index in [4.69, 9.17) is 11.6 Å². The Morgan fingerprint density at radius 2 is 1.95 bits per heavy atom. The van der Waals surface area contributed by atoms with Crippen molar-refractivity contribution < 1.29 is 4.79 Å². The van der Waals surface area contributed by atoms with Gasteiger partial charge in [0.05, 0.1) is 21.7 Å². The van der Waals surface area contributed by atoms with Crippen molar-refractivity contribution in [2.75, 3.05) is 0 Å². The van der Waals surface area contributed by atoms with E-state index in [1.54, 1.807) is 0 Å². The van der Waals surface area contributed by atoms with Crippen molar-refractivity contribution in [2.45, 2.75) is 6.42 Å². The Labute approximate surface area is 131 Å². The van der Waals surface area contributed by atoms with Crippen LogP contribution in [-0.4, -0.2) is 10.5 Å². The fraction of sp³-hybridized carbons (Fsp3) is 0.125. The number of carbonyl (C=O) groups excluding carboxylic acids is 1. The van der Waals surface area contributed by atoms with Crippen LogP contribution in [0.25, 0.3) is 10.2 Å². The van der Waals surface area contributed by atoms with Crippen LogP contribution >= 0.6 is 22.9 Å². The average molecular weight is 317 g/mol. The number of halogens is 1. The number of rotatable bonds is 2. The number of para-hydroxylation sites is 1. The quantitative estimate of drug-likeness (QED) is 0.712. The van der Waals surface area contributed by atoms with Crippen molar-refractivity contribution in [1.82, 2.24) is 4.57 Å². The molecule has 0 N–H and O–H groups in total. The summed E-state index contributed by atoms with van der Waals surface area (Å²) in [5.41, 5.74) is 1.88. The molecule has 1 amide bonds. The van der Waals surface area contributed by atoms with E-state index in [-0.39, 0.29) is 5.91 Å². The highest BCUT2D eigenvalue weighted by Crippen LogP contribution is 2.24. The van der Waals surface area contributed by atoms with Crippen molar-refractivity contribution in [3.8, 4) is 0 Å². The Morgan fingerprint density at radius 3 is 2.67 bits per heavy atom. The number of aromatic nitrogens is 1. The molecule has 1 aromatic heterocycles. The molecule has 3 nitrogen and oxygen atoms in total. The smallest absolute Gasteiger partial charge is 0.252 e. The molecule has 0 radical (unpaired) electrons. The predicted molar refractivity (Wildman–Crippen MR) is 86.5 cm³/mol. The Hall–Kier alpha value is -1.91. The lowest BCUT2D eigenvalue weighted by Crippen LogP contribution is -2.14. The normalized spacial score (nSPS) is 12.0. The van der Waals surface area contributed by atoms with Crippen molar-refractivity contribution in [3.63, 3.8) is 0 Å². The zero-order valence-corrected chi connectivity index (χ0v) is 13.0. The fourth-order valence-corrected chi connectivity index (χ4v) is 3.60. The molecule has 3 rings (SSSR count). The molecule has 0 aliphatic rings. The van der Waals surface area contributed by atoms with Gasteiger partial charge in [-0.1, -0.05) is 59.3 Å². The SMILES string of the molecule is Cn1c(=NC(=O)Cc2ccccc2)sc2cccc(Cl)c21. The highest BCUT2D eigenvalue weighted by molar-refractivity contribution is 7.16. The third-order valence-electron chi connectivity index (χ3n) is 3.19. The van der Waals surface area contributed by atoms with Gasteiger partial charge in [-0.25, -0.2) is 0 Å². The number of thiazole rings is 1. The number of amides is 1. The van der Waals surface area contributed by atoms with Crippen molar-refractivity contribution in [2.24, 2.45) is 12.0 Å². The minimum atomic E-state index is -0.153. The van der Waals surface area contributed by atoms with Gasteiger partial charge in [-0.05, 0) is 17.7 Å². The molecule has 21 heavy (non-hydrogen) atoms. The van der Waals surface area contributed by atoms with Gasteiger partial charge in [-0.15, -0.1) is 0 Å². The van der Waals surface area contributed by atoms with Crippen molar-refractivity contribution in [1.29, 1.82) is 0 Å². The highest BCUT2D eigenvalue weighted by Gasteiger charge is 2.08. The summed E-state index contributed by atoms with van der Waals surface area (Å²) in [6, 6.07) is 15.3. The van der Waals surface area contributed by atoms with Gasteiger partial charge in [0.1, 0.15) is 0 Å². The number of fused-ring (bicyclic) bond motifs is 1. The second-order valence-electron chi connectivity index (χ2n) is 4.70. The number of benzene rings is 2. The predicted octanol–water partition coefficient (Wildman–Crippen LogP) is 3.56. The average Bonchev–Trinajstić information content (AvgIpc) is 2.77. The van der Waals surface area contributed by atoms with Gasteiger partial charge in [0.2, 0.25) is 0 Å². The molecule has 0 unspecified atom stereocenters. The van der Waals surface area contributed by atoms with Crippen LogP contribution in [0.4, 0.5) is 0 Å². The first kappa shape index (κ1) is 14.0. The Balaban J connectivity index is 1.98. The van der Waals surface area contributed by atoms with Crippen LogP contribution in [0, 0.1) is 0 Å². The molecule has 3 aromatic rings. The molecule has 0 aliphatic heterocycles. The van der Waals surface area contributed by atoms with E-state index in [1.807, 2.05) is 60.1 Å². The summed E-state index contributed by atoms with van der Waals surface area (Å²) in [5.74, 6) is -0.153. The van der Waals surface area contributed by atoms with Gasteiger partial charge >= 0.3 is 0 Å². The van der Waals surface area contributed by atoms with Gasteiger partial charge in [0.15, 0.2) is 4.80 Å². The maximum absolute atomic E-state index is 12.1. The Morgan fingerprint density at radius 1 is 1.19 bits per heavy atom. The lowest BCUT2D eigenvalue weighted by atomic mass is 10.1. The Bertz CT molecular complexity index is 865. The summed E-state index contributed by atoms with van der Waals surface area (Å²) < 4.78 is 2.89. The number of hydrogen-bond acceptors (Lipinski definition) is 2. The maximum atomic E-state index is 12.1. The number of aryl methyl sites for hydroxylation is 1. The molecule has 106 valence electrons. The van der Waals surface area contributed by atoms with Crippen LogP contribution in [0.15, 0.2) is 53.5 Å². The monoisotopic (exact) mass is 316 g/mol. The molecule has 0 saturated heterocycles. The summed E-state index contributed by atoms with van der Waals surface area (Å²) in [5, 5.41) is 0.670. The number of hydrogen-bond donors (Lipinski definition) is 0. The molecule has 0 bridgehead atoms. The van der Waals surface area contributed by atoms with Crippen molar-refractivity contribution in [3.05, 3.63) is 63.9 Å². The molecule has 2 aromatic carbocycles. The first-order valence-corrected chi connectivity index (χ1v) is 7.70. The van der Waals surface area contributed by atoms with Crippen LogP contribution < -0.4 is 4.80 Å². The topological polar surface area (TPSA) is 34.4 Å². The summed E-state index contributed by atoms with van der Waals surface area (Å²) >= 11 is 7.67. The van der Waals surface area contributed by atoms with Crippen LogP contribution in [0.3, 0.4) is 0 Å². The van der Waals surface area contributed by atoms with Crippen LogP contribution in [-0.2, 0) is 18.3 Å². The minimum Gasteiger partial charge on any atom is -0.318 e. The van der Waals surface area contributed by atoms with E-state index in [0.29, 0.717) is 16.2 Å². The van der Waals surface area contributed by atoms with Gasteiger partial charge in [-0.3, -0.25) is 4.79 Å². The van der Waals surface area contributed by atoms with Gasteiger partial charge in [0.25, 0.3) is 5.91 Å². The summed E-state index contributed by atoms with van der Waals surface area (Å²) in [4.78, 5) is 17.0. The lowest BCUT2D eigenvalue weighted by Gasteiger charge is -1.98. The summed E-state index contributed by atoms with van der Waals surface area (Å²) in [6.07, 6.45) is 0.308. The fourth-order valence-electron chi connectivity index (χ4n) is 2.18. The van der Waals surface area contributed by atoms with Crippen LogP contribution in [0.2, 0.25) is 5.02 Å². The minimum absolute atomic E-state index is 0.153. The largest absolute Gasteiger partial charge is 0.318 e. The number of carbonyl (C=O) groups is 1. The highest BCUT2D eigenvalue weighted by atomic mass is 35.5. The molecular weight excluding hydrogens is 304 g/mol. The maximum Gasteiger partial charge on any atom is 0.252 e. The van der Waals surface area contributed by atoms with E-state index >= 15 is 0 Å².